The second kappa shape index (κ2) is 6.97. The van der Waals surface area contributed by atoms with Crippen molar-refractivity contribution in [2.75, 3.05) is 13.2 Å². The number of esters is 1. The molecular weight excluding hydrogens is 324 g/mol. The highest BCUT2D eigenvalue weighted by atomic mass is 16.8. The van der Waals surface area contributed by atoms with Gasteiger partial charge in [-0.25, -0.2) is 0 Å². The summed E-state index contributed by atoms with van der Waals surface area (Å²) < 4.78 is 29.0. The maximum absolute atomic E-state index is 12.1. The van der Waals surface area contributed by atoms with Crippen LogP contribution in [0.15, 0.2) is 0 Å². The van der Waals surface area contributed by atoms with Gasteiger partial charge in [-0.2, -0.15) is 0 Å². The number of carbonyl (C=O) groups excluding carboxylic acids is 1. The summed E-state index contributed by atoms with van der Waals surface area (Å²) in [6, 6.07) is 0. The Morgan fingerprint density at radius 1 is 1.20 bits per heavy atom. The molecule has 2 aliphatic rings. The fourth-order valence-corrected chi connectivity index (χ4v) is 2.94. The van der Waals surface area contributed by atoms with Crippen molar-refractivity contribution in [3.05, 3.63) is 0 Å². The summed E-state index contributed by atoms with van der Waals surface area (Å²) in [6.07, 6.45) is 9.23. The van der Waals surface area contributed by atoms with E-state index >= 15 is 0 Å². The van der Waals surface area contributed by atoms with E-state index in [1.807, 2.05) is 0 Å². The van der Waals surface area contributed by atoms with E-state index in [4.69, 9.17) is 36.5 Å². The molecule has 6 heteroatoms. The van der Waals surface area contributed by atoms with Crippen LogP contribution in [0.3, 0.4) is 0 Å². The van der Waals surface area contributed by atoms with Gasteiger partial charge in [-0.3, -0.25) is 4.79 Å². The quantitative estimate of drug-likeness (QED) is 0.557. The van der Waals surface area contributed by atoms with Crippen LogP contribution in [-0.4, -0.2) is 49.1 Å². The third-order valence-electron chi connectivity index (χ3n) is 4.16. The molecule has 0 spiro atoms. The zero-order chi connectivity index (χ0) is 18.9. The Bertz CT molecular complexity index is 591. The average Bonchev–Trinajstić information content (AvgIpc) is 2.94. The molecule has 25 heavy (non-hydrogen) atoms. The molecule has 0 unspecified atom stereocenters. The fraction of sp³-hybridized carbons (Fsp3) is 0.737. The van der Waals surface area contributed by atoms with Gasteiger partial charge in [-0.1, -0.05) is 5.92 Å². The molecule has 6 nitrogen and oxygen atoms in total. The number of hydrogen-bond acceptors (Lipinski definition) is 6. The summed E-state index contributed by atoms with van der Waals surface area (Å²) in [6.45, 7) is 8.90. The van der Waals surface area contributed by atoms with Gasteiger partial charge < -0.3 is 23.7 Å². The Hall–Kier alpha value is -1.57. The van der Waals surface area contributed by atoms with Crippen molar-refractivity contribution in [1.82, 2.24) is 0 Å². The lowest BCUT2D eigenvalue weighted by Crippen LogP contribution is -2.53. The topological polar surface area (TPSA) is 63.2 Å². The van der Waals surface area contributed by atoms with Crippen LogP contribution in [0.2, 0.25) is 0 Å². The minimum absolute atomic E-state index is 0.0253. The lowest BCUT2D eigenvalue weighted by atomic mass is 9.88. The summed E-state index contributed by atoms with van der Waals surface area (Å²) in [5.41, 5.74) is -1.67. The minimum atomic E-state index is -1.04. The van der Waals surface area contributed by atoms with Crippen molar-refractivity contribution in [3.8, 4) is 24.7 Å². The van der Waals surface area contributed by atoms with Gasteiger partial charge in [0.15, 0.2) is 12.1 Å². The summed E-state index contributed by atoms with van der Waals surface area (Å²) in [4.78, 5) is 12.1. The molecule has 0 radical (unpaired) electrons. The summed E-state index contributed by atoms with van der Waals surface area (Å²) in [7, 11) is 0. The maximum Gasteiger partial charge on any atom is 0.311 e. The molecule has 2 rings (SSSR count). The van der Waals surface area contributed by atoms with Gasteiger partial charge in [0, 0.05) is 6.42 Å². The predicted molar refractivity (Wildman–Crippen MR) is 90.1 cm³/mol. The summed E-state index contributed by atoms with van der Waals surface area (Å²) >= 11 is 0. The fourth-order valence-electron chi connectivity index (χ4n) is 2.94. The van der Waals surface area contributed by atoms with E-state index in [1.165, 1.54) is 0 Å². The van der Waals surface area contributed by atoms with Crippen LogP contribution in [-0.2, 0) is 28.5 Å². The molecule has 2 saturated heterocycles. The van der Waals surface area contributed by atoms with Crippen LogP contribution in [0.25, 0.3) is 0 Å². The van der Waals surface area contributed by atoms with E-state index < -0.39 is 35.3 Å². The number of rotatable bonds is 5. The zero-order valence-corrected chi connectivity index (χ0v) is 15.5. The van der Waals surface area contributed by atoms with Crippen LogP contribution in [0.5, 0.6) is 0 Å². The second-order valence-electron chi connectivity index (χ2n) is 7.73. The van der Waals surface area contributed by atoms with Gasteiger partial charge >= 0.3 is 5.97 Å². The summed E-state index contributed by atoms with van der Waals surface area (Å²) in [5, 5.41) is 0. The van der Waals surface area contributed by atoms with E-state index in [0.717, 1.165) is 0 Å². The first-order valence-electron chi connectivity index (χ1n) is 8.25. The third kappa shape index (κ3) is 3.99. The molecule has 0 aliphatic carbocycles. The van der Waals surface area contributed by atoms with Crippen molar-refractivity contribution in [2.24, 2.45) is 5.41 Å². The molecule has 0 amide bonds. The number of ether oxygens (including phenoxy) is 5. The van der Waals surface area contributed by atoms with Gasteiger partial charge in [0.2, 0.25) is 0 Å². The van der Waals surface area contributed by atoms with Gasteiger partial charge in [0.25, 0.3) is 0 Å². The lowest BCUT2D eigenvalue weighted by molar-refractivity contribution is -0.240. The van der Waals surface area contributed by atoms with E-state index in [1.54, 1.807) is 34.6 Å². The van der Waals surface area contributed by atoms with Crippen molar-refractivity contribution in [3.63, 3.8) is 0 Å². The van der Waals surface area contributed by atoms with E-state index in [0.29, 0.717) is 0 Å². The first-order chi connectivity index (χ1) is 11.6. The Morgan fingerprint density at radius 2 is 1.88 bits per heavy atom. The van der Waals surface area contributed by atoms with Crippen LogP contribution >= 0.6 is 0 Å². The molecule has 0 saturated carbocycles. The number of hydrogen-bond donors (Lipinski definition) is 0. The molecule has 4 atom stereocenters. The SMILES string of the molecule is C#CCO[C@]1(CC#C)[C@@H](COC(=O)C(C)(C)C)O[C@@H]2OC(C)(C)O[C@@H]21. The number of fused-ring (bicyclic) bond motifs is 1. The van der Waals surface area contributed by atoms with E-state index in [2.05, 4.69) is 11.8 Å². The van der Waals surface area contributed by atoms with Crippen molar-refractivity contribution >= 4 is 5.97 Å². The molecule has 2 heterocycles. The Balaban J connectivity index is 2.24. The Labute approximate surface area is 149 Å². The van der Waals surface area contributed by atoms with E-state index in [-0.39, 0.29) is 25.6 Å². The molecule has 0 aromatic rings. The van der Waals surface area contributed by atoms with Crippen molar-refractivity contribution in [2.45, 2.75) is 70.9 Å². The first kappa shape index (κ1) is 19.8. The normalized spacial score (nSPS) is 33.3. The van der Waals surface area contributed by atoms with Gasteiger partial charge in [-0.15, -0.1) is 18.8 Å². The van der Waals surface area contributed by atoms with Crippen LogP contribution in [0.4, 0.5) is 0 Å². The van der Waals surface area contributed by atoms with E-state index in [9.17, 15) is 4.79 Å². The lowest BCUT2D eigenvalue weighted by Gasteiger charge is -2.36. The number of carbonyl (C=O) groups is 1. The third-order valence-corrected chi connectivity index (χ3v) is 4.16. The highest BCUT2D eigenvalue weighted by Crippen LogP contribution is 2.46. The Morgan fingerprint density at radius 3 is 2.44 bits per heavy atom. The molecule has 0 bridgehead atoms. The van der Waals surface area contributed by atoms with Gasteiger partial charge in [0.05, 0.1) is 5.41 Å². The van der Waals surface area contributed by atoms with Crippen molar-refractivity contribution < 1.29 is 28.5 Å². The van der Waals surface area contributed by atoms with Crippen LogP contribution < -0.4 is 0 Å². The second-order valence-corrected chi connectivity index (χ2v) is 7.73. The zero-order valence-electron chi connectivity index (χ0n) is 15.5. The highest BCUT2D eigenvalue weighted by molar-refractivity contribution is 5.75. The molecule has 138 valence electrons. The van der Waals surface area contributed by atoms with Gasteiger partial charge in [-0.05, 0) is 34.6 Å². The highest BCUT2D eigenvalue weighted by Gasteiger charge is 2.64. The average molecular weight is 350 g/mol. The molecular formula is C19H26O6. The van der Waals surface area contributed by atoms with Gasteiger partial charge in [0.1, 0.15) is 31.0 Å². The molecule has 0 N–H and O–H groups in total. The first-order valence-corrected chi connectivity index (χ1v) is 8.25. The van der Waals surface area contributed by atoms with Crippen LogP contribution in [0, 0.1) is 30.1 Å². The molecule has 2 aliphatic heterocycles. The molecule has 0 aromatic carbocycles. The van der Waals surface area contributed by atoms with Crippen LogP contribution in [0.1, 0.15) is 41.0 Å². The van der Waals surface area contributed by atoms with Crippen molar-refractivity contribution in [1.29, 1.82) is 0 Å². The molecule has 2 fully saturated rings. The standard InChI is InChI=1S/C19H26O6/c1-8-10-19(22-11-9-2)13(12-21-16(20)17(3,4)5)23-15-14(19)24-18(6,7)25-15/h1-2,13-15H,10-12H2,3-7H3/t13-,14+,15-,19-/m1/s1. The summed E-state index contributed by atoms with van der Waals surface area (Å²) in [5.74, 6) is 3.86. The predicted octanol–water partition coefficient (Wildman–Crippen LogP) is 1.86. The minimum Gasteiger partial charge on any atom is -0.462 e. The largest absolute Gasteiger partial charge is 0.462 e. The smallest absolute Gasteiger partial charge is 0.311 e. The maximum atomic E-state index is 12.1. The number of terminal acetylenes is 2. The monoisotopic (exact) mass is 350 g/mol. The Kier molecular flexibility index (Phi) is 5.51. The molecule has 0 aromatic heterocycles.